The van der Waals surface area contributed by atoms with Crippen molar-refractivity contribution in [3.8, 4) is 17.2 Å². The van der Waals surface area contributed by atoms with E-state index in [1.165, 1.54) is 24.3 Å². The van der Waals surface area contributed by atoms with Crippen LogP contribution in [0.5, 0.6) is 17.2 Å². The first kappa shape index (κ1) is 29.1. The topological polar surface area (TPSA) is 76.1 Å². The Morgan fingerprint density at radius 2 is 1.65 bits per heavy atom. The number of carboxylic acids is 1. The third-order valence-electron chi connectivity index (χ3n) is 6.19. The third-order valence-corrected chi connectivity index (χ3v) is 6.48. The fourth-order valence-corrected chi connectivity index (χ4v) is 4.33. The summed E-state index contributed by atoms with van der Waals surface area (Å²) in [6.07, 6.45) is -9.67. The number of amides is 1. The van der Waals surface area contributed by atoms with Crippen LogP contribution in [0.2, 0.25) is 5.02 Å². The molecule has 6 nitrogen and oxygen atoms in total. The predicted octanol–water partition coefficient (Wildman–Crippen LogP) is 7.31. The number of nitrogens with zero attached hydrogens (tertiary/aromatic N) is 1. The van der Waals surface area contributed by atoms with E-state index in [1.807, 2.05) is 0 Å². The van der Waals surface area contributed by atoms with Crippen molar-refractivity contribution < 1.29 is 50.5 Å². The van der Waals surface area contributed by atoms with Crippen molar-refractivity contribution in [2.24, 2.45) is 0 Å². The highest BCUT2D eigenvalue weighted by Crippen LogP contribution is 2.42. The molecule has 1 heterocycles. The van der Waals surface area contributed by atoms with Gasteiger partial charge in [-0.1, -0.05) is 23.7 Å². The fraction of sp³-hybridized carbons (Fsp3) is 0.259. The first-order chi connectivity index (χ1) is 18.7. The molecule has 1 atom stereocenters. The lowest BCUT2D eigenvalue weighted by molar-refractivity contribution is -0.224. The van der Waals surface area contributed by atoms with Gasteiger partial charge in [0.2, 0.25) is 0 Å². The van der Waals surface area contributed by atoms with Crippen molar-refractivity contribution in [3.63, 3.8) is 0 Å². The molecule has 1 unspecified atom stereocenters. The maximum atomic E-state index is 13.7. The minimum atomic E-state index is -5.04. The van der Waals surface area contributed by atoms with Crippen LogP contribution in [0.15, 0.2) is 60.7 Å². The molecule has 3 aromatic carbocycles. The molecule has 0 aromatic heterocycles. The summed E-state index contributed by atoms with van der Waals surface area (Å²) >= 11 is 6.26. The van der Waals surface area contributed by atoms with Crippen LogP contribution in [-0.2, 0) is 17.4 Å². The summed E-state index contributed by atoms with van der Waals surface area (Å²) in [6, 6.07) is 11.2. The van der Waals surface area contributed by atoms with Crippen LogP contribution in [0, 0.1) is 0 Å². The first-order valence-corrected chi connectivity index (χ1v) is 12.1. The summed E-state index contributed by atoms with van der Waals surface area (Å²) in [5.74, 6) is -2.66. The molecule has 40 heavy (non-hydrogen) atoms. The highest BCUT2D eigenvalue weighted by molar-refractivity contribution is 6.32. The van der Waals surface area contributed by atoms with Gasteiger partial charge in [0.1, 0.15) is 17.2 Å². The Morgan fingerprint density at radius 3 is 2.23 bits per heavy atom. The average molecular weight is 588 g/mol. The molecule has 4 rings (SSSR count). The van der Waals surface area contributed by atoms with Gasteiger partial charge in [-0.05, 0) is 60.9 Å². The van der Waals surface area contributed by atoms with E-state index in [-0.39, 0.29) is 57.7 Å². The largest absolute Gasteiger partial charge is 0.493 e. The molecule has 1 amide bonds. The molecule has 0 bridgehead atoms. The molecule has 3 aromatic rings. The van der Waals surface area contributed by atoms with Crippen LogP contribution < -0.4 is 9.47 Å². The number of carbonyl (C=O) groups excluding carboxylic acids is 1. The molecule has 0 fully saturated rings. The third kappa shape index (κ3) is 6.61. The number of aliphatic carboxylic acids is 1. The number of carboxylic acid groups (broad SMARTS) is 1. The zero-order valence-corrected chi connectivity index (χ0v) is 21.1. The quantitative estimate of drug-likeness (QED) is 0.232. The smallest absolute Gasteiger partial charge is 0.487 e. The van der Waals surface area contributed by atoms with Gasteiger partial charge in [-0.3, -0.25) is 9.59 Å². The molecule has 1 aliphatic rings. The van der Waals surface area contributed by atoms with Crippen LogP contribution in [0.1, 0.15) is 39.4 Å². The number of fused-ring (bicyclic) bond motifs is 1. The van der Waals surface area contributed by atoms with Gasteiger partial charge in [0.25, 0.3) is 5.91 Å². The van der Waals surface area contributed by atoms with Crippen molar-refractivity contribution in [2.75, 3.05) is 13.2 Å². The number of benzene rings is 3. The zero-order valence-electron chi connectivity index (χ0n) is 20.4. The number of ether oxygens (including phenoxy) is 2. The molecule has 13 heteroatoms. The highest BCUT2D eigenvalue weighted by atomic mass is 35.5. The minimum Gasteiger partial charge on any atom is -0.493 e. The van der Waals surface area contributed by atoms with Crippen molar-refractivity contribution >= 4 is 23.5 Å². The molecule has 0 saturated heterocycles. The predicted molar refractivity (Wildman–Crippen MR) is 131 cm³/mol. The molecular weight excluding hydrogens is 568 g/mol. The van der Waals surface area contributed by atoms with Crippen molar-refractivity contribution in [1.29, 1.82) is 0 Å². The lowest BCUT2D eigenvalue weighted by Crippen LogP contribution is -2.44. The van der Waals surface area contributed by atoms with Crippen molar-refractivity contribution in [1.82, 2.24) is 4.90 Å². The van der Waals surface area contributed by atoms with E-state index in [1.54, 1.807) is 0 Å². The van der Waals surface area contributed by atoms with Gasteiger partial charge in [-0.25, -0.2) is 4.90 Å². The summed E-state index contributed by atoms with van der Waals surface area (Å²) in [7, 11) is 0. The van der Waals surface area contributed by atoms with Crippen LogP contribution in [0.4, 0.5) is 26.3 Å². The minimum absolute atomic E-state index is 0.0853. The van der Waals surface area contributed by atoms with Gasteiger partial charge in [-0.15, -0.1) is 13.2 Å². The molecular formula is C27H20ClF6NO5. The Labute approximate surface area is 228 Å². The van der Waals surface area contributed by atoms with E-state index < -0.39 is 42.4 Å². The number of hydrogen-bond donors (Lipinski definition) is 1. The Hall–Kier alpha value is -3.93. The second kappa shape index (κ2) is 11.3. The average Bonchev–Trinajstić information content (AvgIpc) is 2.88. The zero-order chi connectivity index (χ0) is 29.2. The molecule has 0 radical (unpaired) electrons. The Bertz CT molecular complexity index is 1390. The fourth-order valence-electron chi connectivity index (χ4n) is 4.12. The number of carbonyl (C=O) groups is 2. The molecule has 0 saturated carbocycles. The van der Waals surface area contributed by atoms with Gasteiger partial charge in [-0.2, -0.15) is 13.2 Å². The normalized spacial score (nSPS) is 15.1. The Kier molecular flexibility index (Phi) is 8.20. The molecule has 0 spiro atoms. The van der Waals surface area contributed by atoms with E-state index >= 15 is 0 Å². The molecule has 1 N–H and O–H groups in total. The number of rotatable bonds is 7. The summed E-state index contributed by atoms with van der Waals surface area (Å²) < 4.78 is 90.4. The number of alkyl halides is 6. The summed E-state index contributed by atoms with van der Waals surface area (Å²) in [6.45, 7) is -0.634. The van der Waals surface area contributed by atoms with Gasteiger partial charge in [0.05, 0.1) is 23.1 Å². The van der Waals surface area contributed by atoms with E-state index in [0.717, 1.165) is 36.4 Å². The van der Waals surface area contributed by atoms with E-state index in [4.69, 9.17) is 21.1 Å². The molecule has 1 aliphatic heterocycles. The van der Waals surface area contributed by atoms with Crippen molar-refractivity contribution in [3.05, 3.63) is 87.9 Å². The standard InChI is InChI=1S/C27H20ClF6NO5/c28-21-13-20-19(25(37)38)10-12-39-22(20)14-23(21)40-18-7-3-16(4-8-18)24(36)35(27(32,33)34)11-9-15-1-5-17(6-2-15)26(29,30)31/h1-8,13-14,19H,9-12H2,(H,37,38). The number of hydrogen-bond acceptors (Lipinski definition) is 4. The van der Waals surface area contributed by atoms with Gasteiger partial charge in [0.15, 0.2) is 0 Å². The lowest BCUT2D eigenvalue weighted by atomic mass is 9.93. The van der Waals surface area contributed by atoms with Gasteiger partial charge in [0, 0.05) is 23.7 Å². The molecule has 0 aliphatic carbocycles. The van der Waals surface area contributed by atoms with Crippen LogP contribution in [0.3, 0.4) is 0 Å². The monoisotopic (exact) mass is 587 g/mol. The van der Waals surface area contributed by atoms with Crippen LogP contribution in [-0.4, -0.2) is 41.3 Å². The Balaban J connectivity index is 1.46. The van der Waals surface area contributed by atoms with E-state index in [0.29, 0.717) is 5.56 Å². The first-order valence-electron chi connectivity index (χ1n) is 11.8. The highest BCUT2D eigenvalue weighted by Gasteiger charge is 2.41. The van der Waals surface area contributed by atoms with Crippen LogP contribution >= 0.6 is 11.6 Å². The second-order valence-corrected chi connectivity index (χ2v) is 9.25. The summed E-state index contributed by atoms with van der Waals surface area (Å²) in [5, 5.41) is 9.49. The molecule has 212 valence electrons. The summed E-state index contributed by atoms with van der Waals surface area (Å²) in [4.78, 5) is 23.9. The Morgan fingerprint density at radius 1 is 1.00 bits per heavy atom. The van der Waals surface area contributed by atoms with E-state index in [2.05, 4.69) is 0 Å². The maximum absolute atomic E-state index is 13.7. The maximum Gasteiger partial charge on any atom is 0.487 e. The lowest BCUT2D eigenvalue weighted by Gasteiger charge is -2.25. The van der Waals surface area contributed by atoms with Gasteiger partial charge >= 0.3 is 18.4 Å². The number of halogens is 7. The van der Waals surface area contributed by atoms with Crippen molar-refractivity contribution in [2.45, 2.75) is 31.2 Å². The SMILES string of the molecule is O=C(O)C1CCOc2cc(Oc3ccc(C(=O)N(CCc4ccc(C(F)(F)F)cc4)C(F)(F)F)cc3)c(Cl)cc21. The second-order valence-electron chi connectivity index (χ2n) is 8.84. The summed E-state index contributed by atoms with van der Waals surface area (Å²) in [5.41, 5.74) is -0.655. The van der Waals surface area contributed by atoms with Gasteiger partial charge < -0.3 is 14.6 Å². The van der Waals surface area contributed by atoms with E-state index in [9.17, 15) is 41.0 Å². The van der Waals surface area contributed by atoms with Crippen LogP contribution in [0.25, 0.3) is 0 Å².